The lowest BCUT2D eigenvalue weighted by molar-refractivity contribution is 0.249. The highest BCUT2D eigenvalue weighted by atomic mass is 35.5. The van der Waals surface area contributed by atoms with E-state index in [2.05, 4.69) is 10.6 Å². The summed E-state index contributed by atoms with van der Waals surface area (Å²) < 4.78 is 5.18. The van der Waals surface area contributed by atoms with E-state index in [4.69, 9.17) is 16.3 Å². The highest BCUT2D eigenvalue weighted by Crippen LogP contribution is 2.27. The molecule has 1 aromatic carbocycles. The summed E-state index contributed by atoms with van der Waals surface area (Å²) >= 11 is 7.52. The molecule has 0 aliphatic carbocycles. The first-order valence-electron chi connectivity index (χ1n) is 6.04. The van der Waals surface area contributed by atoms with E-state index in [1.165, 1.54) is 0 Å². The maximum atomic E-state index is 12.0. The molecule has 2 N–H and O–H groups in total. The Morgan fingerprint density at radius 1 is 1.40 bits per heavy atom. The van der Waals surface area contributed by atoms with Crippen LogP contribution in [0.1, 0.15) is 17.8 Å². The molecule has 0 aliphatic heterocycles. The summed E-state index contributed by atoms with van der Waals surface area (Å²) in [6.45, 7) is 1.93. The SMILES string of the molecule is COc1ccc(Cl)cc1NC(=O)N[C@H](C)c1cccs1. The average Bonchev–Trinajstić information content (AvgIpc) is 2.92. The second-order valence-corrected chi connectivity index (χ2v) is 5.60. The topological polar surface area (TPSA) is 50.4 Å². The highest BCUT2D eigenvalue weighted by molar-refractivity contribution is 7.10. The molecule has 20 heavy (non-hydrogen) atoms. The van der Waals surface area contributed by atoms with Gasteiger partial charge in [-0.25, -0.2) is 4.79 Å². The van der Waals surface area contributed by atoms with Crippen molar-refractivity contribution in [3.05, 3.63) is 45.6 Å². The zero-order chi connectivity index (χ0) is 14.5. The Kier molecular flexibility index (Phi) is 4.87. The van der Waals surface area contributed by atoms with Crippen LogP contribution in [0.15, 0.2) is 35.7 Å². The number of nitrogens with one attached hydrogen (secondary N) is 2. The molecule has 0 fully saturated rings. The number of anilines is 1. The van der Waals surface area contributed by atoms with Gasteiger partial charge in [-0.05, 0) is 36.6 Å². The van der Waals surface area contributed by atoms with E-state index in [1.807, 2.05) is 24.4 Å². The van der Waals surface area contributed by atoms with Crippen LogP contribution in [0.3, 0.4) is 0 Å². The van der Waals surface area contributed by atoms with E-state index in [-0.39, 0.29) is 12.1 Å². The third-order valence-electron chi connectivity index (χ3n) is 2.73. The number of ether oxygens (including phenoxy) is 1. The van der Waals surface area contributed by atoms with Crippen molar-refractivity contribution in [3.8, 4) is 5.75 Å². The fourth-order valence-corrected chi connectivity index (χ4v) is 2.65. The minimum Gasteiger partial charge on any atom is -0.495 e. The molecule has 0 aliphatic rings. The van der Waals surface area contributed by atoms with Crippen LogP contribution in [0.5, 0.6) is 5.75 Å². The van der Waals surface area contributed by atoms with E-state index in [0.717, 1.165) is 4.88 Å². The van der Waals surface area contributed by atoms with E-state index in [0.29, 0.717) is 16.5 Å². The zero-order valence-electron chi connectivity index (χ0n) is 11.1. The smallest absolute Gasteiger partial charge is 0.319 e. The summed E-state index contributed by atoms with van der Waals surface area (Å²) in [5.41, 5.74) is 0.538. The number of amides is 2. The van der Waals surface area contributed by atoms with Gasteiger partial charge in [-0.3, -0.25) is 0 Å². The van der Waals surface area contributed by atoms with E-state index in [1.54, 1.807) is 36.6 Å². The number of thiophene rings is 1. The molecule has 0 unspecified atom stereocenters. The van der Waals surface area contributed by atoms with Crippen LogP contribution in [0.4, 0.5) is 10.5 Å². The Hall–Kier alpha value is -1.72. The third-order valence-corrected chi connectivity index (χ3v) is 4.02. The molecule has 1 aromatic heterocycles. The van der Waals surface area contributed by atoms with Crippen molar-refractivity contribution >= 4 is 34.7 Å². The Balaban J connectivity index is 2.03. The normalized spacial score (nSPS) is 11.8. The molecule has 0 radical (unpaired) electrons. The number of benzene rings is 1. The van der Waals surface area contributed by atoms with Gasteiger partial charge >= 0.3 is 6.03 Å². The summed E-state index contributed by atoms with van der Waals surface area (Å²) in [4.78, 5) is 13.1. The molecule has 0 saturated heterocycles. The van der Waals surface area contributed by atoms with Crippen molar-refractivity contribution in [2.75, 3.05) is 12.4 Å². The summed E-state index contributed by atoms with van der Waals surface area (Å²) in [6.07, 6.45) is 0. The fraction of sp³-hybridized carbons (Fsp3) is 0.214. The van der Waals surface area contributed by atoms with Crippen molar-refractivity contribution in [2.24, 2.45) is 0 Å². The number of methoxy groups -OCH3 is 1. The number of carbonyl (C=O) groups excluding carboxylic acids is 1. The molecule has 4 nitrogen and oxygen atoms in total. The second-order valence-electron chi connectivity index (χ2n) is 4.18. The first kappa shape index (κ1) is 14.7. The summed E-state index contributed by atoms with van der Waals surface area (Å²) in [6, 6.07) is 8.64. The van der Waals surface area contributed by atoms with Crippen LogP contribution in [0.25, 0.3) is 0 Å². The number of hydrogen-bond acceptors (Lipinski definition) is 3. The zero-order valence-corrected chi connectivity index (χ0v) is 12.7. The predicted molar refractivity (Wildman–Crippen MR) is 82.9 cm³/mol. The molecule has 1 atom stereocenters. The first-order valence-corrected chi connectivity index (χ1v) is 7.30. The maximum absolute atomic E-state index is 12.0. The lowest BCUT2D eigenvalue weighted by Crippen LogP contribution is -2.30. The standard InChI is InChI=1S/C14H15ClN2O2S/c1-9(13-4-3-7-20-13)16-14(18)17-11-8-10(15)5-6-12(11)19-2/h3-9H,1-2H3,(H2,16,17,18)/t9-/m1/s1. The Morgan fingerprint density at radius 2 is 2.20 bits per heavy atom. The molecule has 6 heteroatoms. The molecule has 1 heterocycles. The number of hydrogen-bond donors (Lipinski definition) is 2. The molecule has 2 amide bonds. The minimum atomic E-state index is -0.300. The monoisotopic (exact) mass is 310 g/mol. The molecule has 106 valence electrons. The quantitative estimate of drug-likeness (QED) is 0.885. The molecule has 2 aromatic rings. The van der Waals surface area contributed by atoms with Gasteiger partial charge in [0.1, 0.15) is 5.75 Å². The highest BCUT2D eigenvalue weighted by Gasteiger charge is 2.12. The van der Waals surface area contributed by atoms with Crippen LogP contribution in [-0.2, 0) is 0 Å². The van der Waals surface area contributed by atoms with Gasteiger partial charge in [-0.15, -0.1) is 11.3 Å². The third kappa shape index (κ3) is 3.65. The van der Waals surface area contributed by atoms with E-state index >= 15 is 0 Å². The predicted octanol–water partition coefficient (Wildman–Crippen LogP) is 4.29. The molecule has 0 saturated carbocycles. The van der Waals surface area contributed by atoms with Crippen molar-refractivity contribution in [1.29, 1.82) is 0 Å². The van der Waals surface area contributed by atoms with Crippen molar-refractivity contribution in [3.63, 3.8) is 0 Å². The van der Waals surface area contributed by atoms with Gasteiger partial charge in [0.25, 0.3) is 0 Å². The lowest BCUT2D eigenvalue weighted by atomic mass is 10.2. The van der Waals surface area contributed by atoms with Crippen LogP contribution in [0, 0.1) is 0 Å². The lowest BCUT2D eigenvalue weighted by Gasteiger charge is -2.15. The Labute approximate surface area is 126 Å². The van der Waals surface area contributed by atoms with Crippen LogP contribution >= 0.6 is 22.9 Å². The molecular weight excluding hydrogens is 296 g/mol. The van der Waals surface area contributed by atoms with Crippen LogP contribution < -0.4 is 15.4 Å². The maximum Gasteiger partial charge on any atom is 0.319 e. The summed E-state index contributed by atoms with van der Waals surface area (Å²) in [5.74, 6) is 0.563. The first-order chi connectivity index (χ1) is 9.60. The van der Waals surface area contributed by atoms with E-state index in [9.17, 15) is 4.79 Å². The van der Waals surface area contributed by atoms with Gasteiger partial charge in [-0.2, -0.15) is 0 Å². The molecule has 2 rings (SSSR count). The number of rotatable bonds is 4. The van der Waals surface area contributed by atoms with Gasteiger partial charge in [0.05, 0.1) is 18.8 Å². The largest absolute Gasteiger partial charge is 0.495 e. The van der Waals surface area contributed by atoms with Gasteiger partial charge in [0, 0.05) is 9.90 Å². The second kappa shape index (κ2) is 6.63. The van der Waals surface area contributed by atoms with Crippen LogP contribution in [-0.4, -0.2) is 13.1 Å². The van der Waals surface area contributed by atoms with Crippen molar-refractivity contribution in [2.45, 2.75) is 13.0 Å². The van der Waals surface area contributed by atoms with Gasteiger partial charge in [0.2, 0.25) is 0 Å². The van der Waals surface area contributed by atoms with Gasteiger partial charge in [-0.1, -0.05) is 17.7 Å². The number of halogens is 1. The molecular formula is C14H15ClN2O2S. The summed E-state index contributed by atoms with van der Waals surface area (Å²) in [7, 11) is 1.54. The van der Waals surface area contributed by atoms with Crippen LogP contribution in [0.2, 0.25) is 5.02 Å². The van der Waals surface area contributed by atoms with Crippen molar-refractivity contribution in [1.82, 2.24) is 5.32 Å². The average molecular weight is 311 g/mol. The fourth-order valence-electron chi connectivity index (χ4n) is 1.74. The summed E-state index contributed by atoms with van der Waals surface area (Å²) in [5, 5.41) is 8.12. The minimum absolute atomic E-state index is 0.0554. The van der Waals surface area contributed by atoms with E-state index < -0.39 is 0 Å². The number of carbonyl (C=O) groups is 1. The molecule has 0 bridgehead atoms. The van der Waals surface area contributed by atoms with Gasteiger partial charge < -0.3 is 15.4 Å². The van der Waals surface area contributed by atoms with Gasteiger partial charge in [0.15, 0.2) is 0 Å². The van der Waals surface area contributed by atoms with Crippen molar-refractivity contribution < 1.29 is 9.53 Å². The Morgan fingerprint density at radius 3 is 2.85 bits per heavy atom. The Bertz CT molecular complexity index is 587. The number of urea groups is 1. The molecule has 0 spiro atoms.